The van der Waals surface area contributed by atoms with Crippen LogP contribution in [0.5, 0.6) is 0 Å². The first-order valence-corrected chi connectivity index (χ1v) is 5.65. The van der Waals surface area contributed by atoms with Crippen molar-refractivity contribution >= 4 is 0 Å². The highest BCUT2D eigenvalue weighted by Gasteiger charge is 2.55. The lowest BCUT2D eigenvalue weighted by atomic mass is 9.99. The fourth-order valence-electron chi connectivity index (χ4n) is 1.96. The molecule has 0 amide bonds. The predicted octanol–water partition coefficient (Wildman–Crippen LogP) is 4.79. The van der Waals surface area contributed by atoms with E-state index in [-0.39, 0.29) is 6.42 Å². The molecule has 2 atom stereocenters. The van der Waals surface area contributed by atoms with Crippen molar-refractivity contribution in [1.29, 1.82) is 0 Å². The van der Waals surface area contributed by atoms with Crippen LogP contribution < -0.4 is 0 Å². The summed E-state index contributed by atoms with van der Waals surface area (Å²) in [5.41, 5.74) is 0. The van der Waals surface area contributed by atoms with Crippen molar-refractivity contribution < 1.29 is 22.0 Å². The van der Waals surface area contributed by atoms with Gasteiger partial charge in [-0.25, -0.2) is 8.78 Å². The van der Waals surface area contributed by atoms with Crippen molar-refractivity contribution in [2.75, 3.05) is 0 Å². The molecule has 1 fully saturated rings. The van der Waals surface area contributed by atoms with E-state index in [0.29, 0.717) is 25.7 Å². The molecule has 96 valence electrons. The predicted molar refractivity (Wildman–Crippen MR) is 51.4 cm³/mol. The number of unbranched alkanes of at least 4 members (excludes halogenated alkanes) is 1. The quantitative estimate of drug-likeness (QED) is 0.465. The fourth-order valence-corrected chi connectivity index (χ4v) is 1.96. The third-order valence-corrected chi connectivity index (χ3v) is 3.04. The minimum atomic E-state index is -4.11. The third kappa shape index (κ3) is 5.12. The molecule has 1 saturated carbocycles. The molecule has 2 unspecified atom stereocenters. The average molecular weight is 244 g/mol. The first kappa shape index (κ1) is 13.7. The number of rotatable bonds is 6. The van der Waals surface area contributed by atoms with E-state index in [0.717, 1.165) is 0 Å². The van der Waals surface area contributed by atoms with Crippen LogP contribution in [-0.4, -0.2) is 12.1 Å². The summed E-state index contributed by atoms with van der Waals surface area (Å²) in [6, 6.07) is 0. The topological polar surface area (TPSA) is 0 Å². The van der Waals surface area contributed by atoms with Crippen LogP contribution in [0.3, 0.4) is 0 Å². The van der Waals surface area contributed by atoms with Gasteiger partial charge < -0.3 is 0 Å². The maximum absolute atomic E-state index is 12.5. The Hall–Kier alpha value is -0.350. The molecular weight excluding hydrogens is 227 g/mol. The van der Waals surface area contributed by atoms with Gasteiger partial charge >= 0.3 is 6.18 Å². The summed E-state index contributed by atoms with van der Waals surface area (Å²) in [6.07, 6.45) is -2.77. The molecule has 1 aliphatic carbocycles. The monoisotopic (exact) mass is 244 g/mol. The maximum Gasteiger partial charge on any atom is 0.389 e. The summed E-state index contributed by atoms with van der Waals surface area (Å²) < 4.78 is 60.8. The second kappa shape index (κ2) is 4.88. The Morgan fingerprint density at radius 2 is 1.81 bits per heavy atom. The molecule has 16 heavy (non-hydrogen) atoms. The van der Waals surface area contributed by atoms with E-state index in [9.17, 15) is 22.0 Å². The lowest BCUT2D eigenvalue weighted by Crippen LogP contribution is -2.12. The van der Waals surface area contributed by atoms with Crippen molar-refractivity contribution in [2.45, 2.75) is 57.5 Å². The van der Waals surface area contributed by atoms with Crippen LogP contribution in [0.2, 0.25) is 0 Å². The van der Waals surface area contributed by atoms with Crippen LogP contribution in [0.1, 0.15) is 45.4 Å². The minimum absolute atomic E-state index is 0.0366. The van der Waals surface area contributed by atoms with Gasteiger partial charge in [-0.2, -0.15) is 13.2 Å². The molecule has 0 bridgehead atoms. The SMILES string of the molecule is CC(CCCCC1CC1(F)F)CC(F)(F)F. The molecule has 0 aliphatic heterocycles. The molecule has 0 spiro atoms. The van der Waals surface area contributed by atoms with Gasteiger partial charge in [0.15, 0.2) is 0 Å². The highest BCUT2D eigenvalue weighted by molar-refractivity contribution is 4.94. The van der Waals surface area contributed by atoms with Crippen LogP contribution >= 0.6 is 0 Å². The van der Waals surface area contributed by atoms with Gasteiger partial charge in [0.25, 0.3) is 5.92 Å². The summed E-state index contributed by atoms with van der Waals surface area (Å²) in [6.45, 7) is 1.55. The standard InChI is InChI=1S/C11H17F5/c1-8(6-11(14,15)16)4-2-3-5-9-7-10(9,12)13/h8-9H,2-7H2,1H3. The van der Waals surface area contributed by atoms with Crippen LogP contribution in [-0.2, 0) is 0 Å². The highest BCUT2D eigenvalue weighted by atomic mass is 19.4. The van der Waals surface area contributed by atoms with Gasteiger partial charge in [0, 0.05) is 18.8 Å². The molecule has 0 radical (unpaired) electrons. The minimum Gasteiger partial charge on any atom is -0.207 e. The van der Waals surface area contributed by atoms with Crippen LogP contribution in [0, 0.1) is 11.8 Å². The van der Waals surface area contributed by atoms with Gasteiger partial charge in [-0.3, -0.25) is 0 Å². The molecule has 0 N–H and O–H groups in total. The van der Waals surface area contributed by atoms with Crippen molar-refractivity contribution in [3.63, 3.8) is 0 Å². The zero-order valence-electron chi connectivity index (χ0n) is 9.29. The summed E-state index contributed by atoms with van der Waals surface area (Å²) in [4.78, 5) is 0. The Labute approximate surface area is 92.2 Å². The molecule has 0 aromatic rings. The first-order chi connectivity index (χ1) is 7.21. The van der Waals surface area contributed by atoms with E-state index in [1.807, 2.05) is 0 Å². The molecule has 0 saturated heterocycles. The molecule has 1 rings (SSSR count). The largest absolute Gasteiger partial charge is 0.389 e. The van der Waals surface area contributed by atoms with Gasteiger partial charge in [-0.15, -0.1) is 0 Å². The van der Waals surface area contributed by atoms with E-state index in [1.165, 1.54) is 0 Å². The third-order valence-electron chi connectivity index (χ3n) is 3.04. The smallest absolute Gasteiger partial charge is 0.207 e. The molecule has 0 aromatic heterocycles. The lowest BCUT2D eigenvalue weighted by Gasteiger charge is -2.13. The van der Waals surface area contributed by atoms with E-state index in [4.69, 9.17) is 0 Å². The number of alkyl halides is 5. The van der Waals surface area contributed by atoms with Crippen LogP contribution in [0.15, 0.2) is 0 Å². The zero-order chi connectivity index (χ0) is 12.4. The summed E-state index contributed by atoms with van der Waals surface area (Å²) in [5.74, 6) is -3.40. The normalized spacial score (nSPS) is 25.5. The van der Waals surface area contributed by atoms with Crippen molar-refractivity contribution in [1.82, 2.24) is 0 Å². The molecule has 1 aliphatic rings. The van der Waals surface area contributed by atoms with Crippen LogP contribution in [0.4, 0.5) is 22.0 Å². The molecular formula is C11H17F5. The summed E-state index contributed by atoms with van der Waals surface area (Å²) in [5, 5.41) is 0. The van der Waals surface area contributed by atoms with Crippen molar-refractivity contribution in [3.05, 3.63) is 0 Å². The first-order valence-electron chi connectivity index (χ1n) is 5.65. The van der Waals surface area contributed by atoms with Gasteiger partial charge in [0.05, 0.1) is 0 Å². The van der Waals surface area contributed by atoms with Gasteiger partial charge in [-0.1, -0.05) is 26.2 Å². The van der Waals surface area contributed by atoms with Gasteiger partial charge in [0.2, 0.25) is 0 Å². The van der Waals surface area contributed by atoms with E-state index in [1.54, 1.807) is 6.92 Å². The number of hydrogen-bond donors (Lipinski definition) is 0. The number of hydrogen-bond acceptors (Lipinski definition) is 0. The Morgan fingerprint density at radius 1 is 1.25 bits per heavy atom. The zero-order valence-corrected chi connectivity index (χ0v) is 9.29. The number of halogens is 5. The molecule has 0 aromatic carbocycles. The second-order valence-corrected chi connectivity index (χ2v) is 4.87. The Bertz CT molecular complexity index is 221. The van der Waals surface area contributed by atoms with E-state index >= 15 is 0 Å². The van der Waals surface area contributed by atoms with Crippen molar-refractivity contribution in [3.8, 4) is 0 Å². The lowest BCUT2D eigenvalue weighted by molar-refractivity contribution is -0.143. The second-order valence-electron chi connectivity index (χ2n) is 4.87. The fraction of sp³-hybridized carbons (Fsp3) is 1.00. The van der Waals surface area contributed by atoms with Crippen LogP contribution in [0.25, 0.3) is 0 Å². The highest BCUT2D eigenvalue weighted by Crippen LogP contribution is 2.51. The van der Waals surface area contributed by atoms with E-state index < -0.39 is 30.4 Å². The summed E-state index contributed by atoms with van der Waals surface area (Å²) in [7, 11) is 0. The van der Waals surface area contributed by atoms with E-state index in [2.05, 4.69) is 0 Å². The average Bonchev–Trinajstić information content (AvgIpc) is 2.65. The maximum atomic E-state index is 12.5. The van der Waals surface area contributed by atoms with Gasteiger partial charge in [0.1, 0.15) is 0 Å². The molecule has 0 heterocycles. The van der Waals surface area contributed by atoms with Gasteiger partial charge in [-0.05, 0) is 12.3 Å². The summed E-state index contributed by atoms with van der Waals surface area (Å²) >= 11 is 0. The Morgan fingerprint density at radius 3 is 2.25 bits per heavy atom. The Kier molecular flexibility index (Phi) is 4.18. The molecule has 0 nitrogen and oxygen atoms in total. The van der Waals surface area contributed by atoms with Crippen molar-refractivity contribution in [2.24, 2.45) is 11.8 Å². The molecule has 5 heteroatoms. The Balaban J connectivity index is 1.99.